The van der Waals surface area contributed by atoms with Gasteiger partial charge in [0.15, 0.2) is 0 Å². The summed E-state index contributed by atoms with van der Waals surface area (Å²) in [5, 5.41) is 13.9. The first-order chi connectivity index (χ1) is 9.63. The van der Waals surface area contributed by atoms with Gasteiger partial charge in [0, 0.05) is 13.7 Å². The van der Waals surface area contributed by atoms with Gasteiger partial charge in [-0.2, -0.15) is 0 Å². The minimum atomic E-state index is -0.976. The molecule has 0 fully saturated rings. The van der Waals surface area contributed by atoms with Gasteiger partial charge in [-0.1, -0.05) is 12.1 Å². The van der Waals surface area contributed by atoms with Crippen LogP contribution in [0.4, 0.5) is 4.79 Å². The molecule has 0 saturated carbocycles. The Labute approximate surface area is 116 Å². The van der Waals surface area contributed by atoms with Crippen molar-refractivity contribution >= 4 is 12.0 Å². The highest BCUT2D eigenvalue weighted by Gasteiger charge is 2.03. The lowest BCUT2D eigenvalue weighted by atomic mass is 10.1. The molecule has 0 unspecified atom stereocenters. The van der Waals surface area contributed by atoms with Gasteiger partial charge >= 0.3 is 12.0 Å². The number of amides is 2. The Bertz CT molecular complexity index is 433. The molecule has 0 spiro atoms. The molecule has 0 aliphatic rings. The maximum Gasteiger partial charge on any atom is 0.335 e. The standard InChI is InChI=1S/C13H18N2O5/c1-19-6-7-20-9-15-13(18)14-8-10-2-4-11(5-3-10)12(16)17/h2-5H,6-9H2,1H3,(H,16,17)(H2,14,15,18). The molecule has 1 aromatic rings. The molecule has 3 N–H and O–H groups in total. The van der Waals surface area contributed by atoms with Crippen molar-refractivity contribution in [3.8, 4) is 0 Å². The smallest absolute Gasteiger partial charge is 0.335 e. The molecule has 0 atom stereocenters. The van der Waals surface area contributed by atoms with Gasteiger partial charge in [0.2, 0.25) is 0 Å². The fourth-order valence-corrected chi connectivity index (χ4v) is 1.34. The summed E-state index contributed by atoms with van der Waals surface area (Å²) in [5.74, 6) is -0.976. The van der Waals surface area contributed by atoms with E-state index in [-0.39, 0.29) is 18.3 Å². The summed E-state index contributed by atoms with van der Waals surface area (Å²) in [4.78, 5) is 22.1. The second-order valence-corrected chi connectivity index (χ2v) is 3.91. The minimum absolute atomic E-state index is 0.104. The number of nitrogens with one attached hydrogen (secondary N) is 2. The molecule has 2 amide bonds. The number of carboxylic acids is 1. The van der Waals surface area contributed by atoms with Crippen LogP contribution in [-0.4, -0.2) is 44.2 Å². The van der Waals surface area contributed by atoms with Crippen molar-refractivity contribution in [2.45, 2.75) is 6.54 Å². The normalized spacial score (nSPS) is 10.1. The van der Waals surface area contributed by atoms with Crippen molar-refractivity contribution in [3.63, 3.8) is 0 Å². The van der Waals surface area contributed by atoms with Crippen LogP contribution in [-0.2, 0) is 16.0 Å². The van der Waals surface area contributed by atoms with Crippen LogP contribution in [0.1, 0.15) is 15.9 Å². The predicted octanol–water partition coefficient (Wildman–Crippen LogP) is 0.804. The molecular weight excluding hydrogens is 264 g/mol. The van der Waals surface area contributed by atoms with E-state index in [0.717, 1.165) is 5.56 Å². The first kappa shape index (κ1) is 15.9. The number of ether oxygens (including phenoxy) is 2. The molecule has 0 aromatic heterocycles. The summed E-state index contributed by atoms with van der Waals surface area (Å²) < 4.78 is 9.86. The molecule has 20 heavy (non-hydrogen) atoms. The van der Waals surface area contributed by atoms with Crippen LogP contribution in [0, 0.1) is 0 Å². The number of rotatable bonds is 8. The molecule has 0 aliphatic heterocycles. The van der Waals surface area contributed by atoms with Crippen molar-refractivity contribution in [3.05, 3.63) is 35.4 Å². The third kappa shape index (κ3) is 6.17. The van der Waals surface area contributed by atoms with Crippen LogP contribution in [0.5, 0.6) is 0 Å². The van der Waals surface area contributed by atoms with Crippen LogP contribution in [0.25, 0.3) is 0 Å². The molecule has 0 radical (unpaired) electrons. The van der Waals surface area contributed by atoms with Gasteiger partial charge in [-0.15, -0.1) is 0 Å². The van der Waals surface area contributed by atoms with E-state index < -0.39 is 5.97 Å². The van der Waals surface area contributed by atoms with Crippen molar-refractivity contribution in [1.29, 1.82) is 0 Å². The Morgan fingerprint density at radius 2 is 1.85 bits per heavy atom. The Hall–Kier alpha value is -2.12. The van der Waals surface area contributed by atoms with E-state index >= 15 is 0 Å². The van der Waals surface area contributed by atoms with Crippen molar-refractivity contribution in [2.24, 2.45) is 0 Å². The van der Waals surface area contributed by atoms with Crippen LogP contribution >= 0.6 is 0 Å². The second kappa shape index (κ2) is 8.89. The maximum absolute atomic E-state index is 11.4. The van der Waals surface area contributed by atoms with Gasteiger partial charge in [0.25, 0.3) is 0 Å². The Morgan fingerprint density at radius 1 is 1.15 bits per heavy atom. The van der Waals surface area contributed by atoms with E-state index in [1.165, 1.54) is 12.1 Å². The van der Waals surface area contributed by atoms with E-state index in [1.807, 2.05) is 0 Å². The monoisotopic (exact) mass is 282 g/mol. The quantitative estimate of drug-likeness (QED) is 0.484. The fraction of sp³-hybridized carbons (Fsp3) is 0.385. The molecule has 0 saturated heterocycles. The number of hydrogen-bond acceptors (Lipinski definition) is 4. The summed E-state index contributed by atoms with van der Waals surface area (Å²) in [5.41, 5.74) is 1.02. The zero-order valence-electron chi connectivity index (χ0n) is 11.2. The molecule has 0 aliphatic carbocycles. The van der Waals surface area contributed by atoms with E-state index in [0.29, 0.717) is 19.8 Å². The Kier molecular flexibility index (Phi) is 7.08. The number of carboxylic acid groups (broad SMARTS) is 1. The maximum atomic E-state index is 11.4. The summed E-state index contributed by atoms with van der Waals surface area (Å²) in [6.45, 7) is 1.30. The van der Waals surface area contributed by atoms with Crippen LogP contribution in [0.2, 0.25) is 0 Å². The zero-order chi connectivity index (χ0) is 14.8. The lowest BCUT2D eigenvalue weighted by Gasteiger charge is -2.08. The lowest BCUT2D eigenvalue weighted by Crippen LogP contribution is -2.36. The van der Waals surface area contributed by atoms with E-state index in [2.05, 4.69) is 10.6 Å². The molecule has 0 bridgehead atoms. The molecule has 7 nitrogen and oxygen atoms in total. The van der Waals surface area contributed by atoms with Crippen molar-refractivity contribution in [2.75, 3.05) is 27.1 Å². The highest BCUT2D eigenvalue weighted by atomic mass is 16.5. The number of methoxy groups -OCH3 is 1. The third-order valence-electron chi connectivity index (χ3n) is 2.42. The fourth-order valence-electron chi connectivity index (χ4n) is 1.34. The third-order valence-corrected chi connectivity index (χ3v) is 2.42. The minimum Gasteiger partial charge on any atom is -0.478 e. The SMILES string of the molecule is COCCOCNC(=O)NCc1ccc(C(=O)O)cc1. The summed E-state index contributed by atoms with van der Waals surface area (Å²) in [6.07, 6.45) is 0. The van der Waals surface area contributed by atoms with Gasteiger partial charge in [-0.25, -0.2) is 9.59 Å². The summed E-state index contributed by atoms with van der Waals surface area (Å²) in [7, 11) is 1.57. The number of carbonyl (C=O) groups excluding carboxylic acids is 1. The number of carbonyl (C=O) groups is 2. The predicted molar refractivity (Wildman–Crippen MR) is 71.5 cm³/mol. The van der Waals surface area contributed by atoms with Crippen molar-refractivity contribution in [1.82, 2.24) is 10.6 Å². The average molecular weight is 282 g/mol. The average Bonchev–Trinajstić information content (AvgIpc) is 2.45. The number of aromatic carboxylic acids is 1. The van der Waals surface area contributed by atoms with Crippen LogP contribution in [0.15, 0.2) is 24.3 Å². The Balaban J connectivity index is 2.22. The van der Waals surface area contributed by atoms with Gasteiger partial charge in [-0.05, 0) is 17.7 Å². The number of benzene rings is 1. The molecule has 110 valence electrons. The van der Waals surface area contributed by atoms with Crippen LogP contribution in [0.3, 0.4) is 0 Å². The number of urea groups is 1. The van der Waals surface area contributed by atoms with Crippen LogP contribution < -0.4 is 10.6 Å². The molecule has 0 heterocycles. The topological polar surface area (TPSA) is 96.9 Å². The van der Waals surface area contributed by atoms with E-state index in [1.54, 1.807) is 19.2 Å². The van der Waals surface area contributed by atoms with Gasteiger partial charge < -0.3 is 25.2 Å². The molecular formula is C13H18N2O5. The lowest BCUT2D eigenvalue weighted by molar-refractivity contribution is 0.0642. The van der Waals surface area contributed by atoms with E-state index in [4.69, 9.17) is 14.6 Å². The summed E-state index contributed by atoms with van der Waals surface area (Å²) in [6, 6.07) is 5.93. The van der Waals surface area contributed by atoms with Crippen molar-refractivity contribution < 1.29 is 24.2 Å². The Morgan fingerprint density at radius 3 is 2.45 bits per heavy atom. The first-order valence-corrected chi connectivity index (χ1v) is 6.04. The molecule has 7 heteroatoms. The number of hydrogen-bond donors (Lipinski definition) is 3. The zero-order valence-corrected chi connectivity index (χ0v) is 11.2. The highest BCUT2D eigenvalue weighted by molar-refractivity contribution is 5.87. The molecule has 1 aromatic carbocycles. The van der Waals surface area contributed by atoms with Gasteiger partial charge in [-0.3, -0.25) is 0 Å². The van der Waals surface area contributed by atoms with Gasteiger partial charge in [0.1, 0.15) is 6.73 Å². The second-order valence-electron chi connectivity index (χ2n) is 3.91. The van der Waals surface area contributed by atoms with Gasteiger partial charge in [0.05, 0.1) is 18.8 Å². The first-order valence-electron chi connectivity index (χ1n) is 6.04. The largest absolute Gasteiger partial charge is 0.478 e. The highest BCUT2D eigenvalue weighted by Crippen LogP contribution is 2.03. The molecule has 1 rings (SSSR count). The summed E-state index contributed by atoms with van der Waals surface area (Å²) >= 11 is 0. The van der Waals surface area contributed by atoms with E-state index in [9.17, 15) is 9.59 Å².